The van der Waals surface area contributed by atoms with Crippen LogP contribution in [0.4, 0.5) is 0 Å². The molecule has 0 radical (unpaired) electrons. The normalized spacial score (nSPS) is 10.5. The highest BCUT2D eigenvalue weighted by Gasteiger charge is 2.16. The van der Waals surface area contributed by atoms with Crippen LogP contribution >= 0.6 is 0 Å². The molecule has 0 saturated carbocycles. The van der Waals surface area contributed by atoms with Gasteiger partial charge in [-0.25, -0.2) is 0 Å². The molecular formula is C14H22N2O2. The van der Waals surface area contributed by atoms with Crippen molar-refractivity contribution in [2.45, 2.75) is 32.9 Å². The van der Waals surface area contributed by atoms with Crippen LogP contribution in [0.15, 0.2) is 24.3 Å². The summed E-state index contributed by atoms with van der Waals surface area (Å²) < 4.78 is 5.18. The van der Waals surface area contributed by atoms with Crippen molar-refractivity contribution in [3.63, 3.8) is 0 Å². The van der Waals surface area contributed by atoms with Crippen LogP contribution in [-0.4, -0.2) is 30.5 Å². The molecule has 1 aromatic rings. The summed E-state index contributed by atoms with van der Waals surface area (Å²) in [6.07, 6.45) is 0.391. The quantitative estimate of drug-likeness (QED) is 0.837. The van der Waals surface area contributed by atoms with Crippen LogP contribution < -0.4 is 10.5 Å². The molecule has 1 amide bonds. The van der Waals surface area contributed by atoms with Crippen LogP contribution in [0.3, 0.4) is 0 Å². The summed E-state index contributed by atoms with van der Waals surface area (Å²) in [6, 6.07) is 7.93. The molecule has 100 valence electrons. The van der Waals surface area contributed by atoms with E-state index in [4.69, 9.17) is 10.5 Å². The lowest BCUT2D eigenvalue weighted by Crippen LogP contribution is -2.37. The van der Waals surface area contributed by atoms with Gasteiger partial charge in [-0.2, -0.15) is 0 Å². The number of hydrogen-bond acceptors (Lipinski definition) is 3. The number of ether oxygens (including phenoxy) is 1. The maximum absolute atomic E-state index is 12.0. The Bertz CT molecular complexity index is 391. The van der Waals surface area contributed by atoms with E-state index in [1.54, 1.807) is 7.11 Å². The zero-order valence-electron chi connectivity index (χ0n) is 11.3. The number of benzene rings is 1. The number of nitrogens with zero attached hydrogens (tertiary/aromatic N) is 1. The molecule has 0 bridgehead atoms. The van der Waals surface area contributed by atoms with Crippen LogP contribution in [0.2, 0.25) is 0 Å². The van der Waals surface area contributed by atoms with Gasteiger partial charge in [-0.05, 0) is 31.5 Å². The van der Waals surface area contributed by atoms with Crippen LogP contribution in [-0.2, 0) is 11.3 Å². The summed E-state index contributed by atoms with van der Waals surface area (Å²) in [5, 5.41) is 0. The third-order valence-electron chi connectivity index (χ3n) is 2.79. The van der Waals surface area contributed by atoms with Gasteiger partial charge >= 0.3 is 0 Å². The van der Waals surface area contributed by atoms with Gasteiger partial charge < -0.3 is 15.4 Å². The van der Waals surface area contributed by atoms with E-state index in [2.05, 4.69) is 0 Å². The minimum absolute atomic E-state index is 0.0929. The molecule has 4 heteroatoms. The van der Waals surface area contributed by atoms with Gasteiger partial charge in [-0.1, -0.05) is 12.1 Å². The number of hydrogen-bond donors (Lipinski definition) is 1. The van der Waals surface area contributed by atoms with Gasteiger partial charge in [0.1, 0.15) is 5.75 Å². The van der Waals surface area contributed by atoms with E-state index in [1.807, 2.05) is 43.0 Å². The molecule has 0 aliphatic carbocycles. The monoisotopic (exact) mass is 250 g/mol. The van der Waals surface area contributed by atoms with E-state index in [-0.39, 0.29) is 11.9 Å². The fourth-order valence-electron chi connectivity index (χ4n) is 1.79. The van der Waals surface area contributed by atoms with Gasteiger partial charge in [0.15, 0.2) is 0 Å². The molecule has 0 aromatic heterocycles. The molecule has 1 rings (SSSR count). The summed E-state index contributed by atoms with van der Waals surface area (Å²) in [7, 11) is 1.64. The lowest BCUT2D eigenvalue weighted by molar-refractivity contribution is -0.133. The highest BCUT2D eigenvalue weighted by molar-refractivity contribution is 5.76. The first-order chi connectivity index (χ1) is 8.58. The van der Waals surface area contributed by atoms with Crippen molar-refractivity contribution in [1.82, 2.24) is 4.90 Å². The van der Waals surface area contributed by atoms with Crippen LogP contribution in [0, 0.1) is 0 Å². The van der Waals surface area contributed by atoms with Crippen molar-refractivity contribution in [2.75, 3.05) is 13.7 Å². The van der Waals surface area contributed by atoms with Gasteiger partial charge in [0.05, 0.1) is 7.11 Å². The third kappa shape index (κ3) is 4.04. The predicted molar refractivity (Wildman–Crippen MR) is 72.4 cm³/mol. The maximum atomic E-state index is 12.0. The molecule has 0 heterocycles. The van der Waals surface area contributed by atoms with Gasteiger partial charge in [0.2, 0.25) is 5.91 Å². The molecule has 0 unspecified atom stereocenters. The van der Waals surface area contributed by atoms with Gasteiger partial charge in [-0.3, -0.25) is 4.79 Å². The smallest absolute Gasteiger partial charge is 0.224 e. The molecule has 0 aliphatic rings. The standard InChI is InChI=1S/C14H22N2O2/c1-11(2)16(14(17)7-8-15)10-12-5-4-6-13(9-12)18-3/h4-6,9,11H,7-8,10,15H2,1-3H3. The van der Waals surface area contributed by atoms with E-state index in [0.29, 0.717) is 19.5 Å². The summed E-state index contributed by atoms with van der Waals surface area (Å²) in [5.41, 5.74) is 6.50. The van der Waals surface area contributed by atoms with Crippen molar-refractivity contribution in [2.24, 2.45) is 5.73 Å². The van der Waals surface area contributed by atoms with Crippen LogP contribution in [0.25, 0.3) is 0 Å². The topological polar surface area (TPSA) is 55.6 Å². The number of amides is 1. The zero-order chi connectivity index (χ0) is 13.5. The minimum Gasteiger partial charge on any atom is -0.497 e. The molecular weight excluding hydrogens is 228 g/mol. The van der Waals surface area contributed by atoms with E-state index < -0.39 is 0 Å². The number of carbonyl (C=O) groups is 1. The molecule has 0 fully saturated rings. The predicted octanol–water partition coefficient (Wildman–Crippen LogP) is 1.78. The van der Waals surface area contributed by atoms with E-state index in [9.17, 15) is 4.79 Å². The number of methoxy groups -OCH3 is 1. The van der Waals surface area contributed by atoms with E-state index in [1.165, 1.54) is 0 Å². The molecule has 4 nitrogen and oxygen atoms in total. The van der Waals surface area contributed by atoms with Crippen molar-refractivity contribution in [3.8, 4) is 5.75 Å². The maximum Gasteiger partial charge on any atom is 0.224 e. The second-order valence-corrected chi connectivity index (χ2v) is 4.51. The van der Waals surface area contributed by atoms with Crippen molar-refractivity contribution >= 4 is 5.91 Å². The first-order valence-corrected chi connectivity index (χ1v) is 6.21. The minimum atomic E-state index is 0.0929. The number of nitrogens with two attached hydrogens (primary N) is 1. The summed E-state index contributed by atoms with van der Waals surface area (Å²) in [5.74, 6) is 0.901. The molecule has 1 aromatic carbocycles. The fraction of sp³-hybridized carbons (Fsp3) is 0.500. The SMILES string of the molecule is COc1cccc(CN(C(=O)CCN)C(C)C)c1. The van der Waals surface area contributed by atoms with Crippen molar-refractivity contribution in [3.05, 3.63) is 29.8 Å². The Morgan fingerprint density at radius 2 is 2.17 bits per heavy atom. The Kier molecular flexibility index (Phi) is 5.65. The first-order valence-electron chi connectivity index (χ1n) is 6.21. The van der Waals surface area contributed by atoms with Crippen molar-refractivity contribution in [1.29, 1.82) is 0 Å². The molecule has 0 aliphatic heterocycles. The summed E-state index contributed by atoms with van der Waals surface area (Å²) >= 11 is 0. The van der Waals surface area contributed by atoms with Crippen LogP contribution in [0.1, 0.15) is 25.8 Å². The Hall–Kier alpha value is -1.55. The highest BCUT2D eigenvalue weighted by Crippen LogP contribution is 2.16. The molecule has 18 heavy (non-hydrogen) atoms. The Balaban J connectivity index is 2.79. The van der Waals surface area contributed by atoms with Gasteiger partial charge in [0, 0.05) is 25.6 Å². The van der Waals surface area contributed by atoms with Gasteiger partial charge in [-0.15, -0.1) is 0 Å². The van der Waals surface area contributed by atoms with E-state index >= 15 is 0 Å². The fourth-order valence-corrected chi connectivity index (χ4v) is 1.79. The second kappa shape index (κ2) is 7.01. The summed E-state index contributed by atoms with van der Waals surface area (Å²) in [4.78, 5) is 13.8. The first kappa shape index (κ1) is 14.5. The lowest BCUT2D eigenvalue weighted by atomic mass is 10.1. The number of carbonyl (C=O) groups excluding carboxylic acids is 1. The Morgan fingerprint density at radius 3 is 2.72 bits per heavy atom. The highest BCUT2D eigenvalue weighted by atomic mass is 16.5. The zero-order valence-corrected chi connectivity index (χ0v) is 11.3. The molecule has 0 spiro atoms. The Labute approximate surface area is 109 Å². The van der Waals surface area contributed by atoms with Crippen molar-refractivity contribution < 1.29 is 9.53 Å². The summed E-state index contributed by atoms with van der Waals surface area (Å²) in [6.45, 7) is 5.00. The largest absolute Gasteiger partial charge is 0.497 e. The van der Waals surface area contributed by atoms with E-state index in [0.717, 1.165) is 11.3 Å². The molecule has 0 atom stereocenters. The Morgan fingerprint density at radius 1 is 1.44 bits per heavy atom. The van der Waals surface area contributed by atoms with Crippen LogP contribution in [0.5, 0.6) is 5.75 Å². The average Bonchev–Trinajstić information content (AvgIpc) is 2.36. The second-order valence-electron chi connectivity index (χ2n) is 4.51. The average molecular weight is 250 g/mol. The number of rotatable bonds is 6. The lowest BCUT2D eigenvalue weighted by Gasteiger charge is -2.27. The third-order valence-corrected chi connectivity index (χ3v) is 2.79. The van der Waals surface area contributed by atoms with Gasteiger partial charge in [0.25, 0.3) is 0 Å². The molecule has 2 N–H and O–H groups in total. The molecule has 0 saturated heterocycles.